The Balaban J connectivity index is 1.61. The molecule has 1 unspecified atom stereocenters. The zero-order valence-electron chi connectivity index (χ0n) is 16.5. The number of fused-ring (bicyclic) bond motifs is 2. The number of nitrogens with zero attached hydrogens (tertiary/aromatic N) is 3. The van der Waals surface area contributed by atoms with Crippen LogP contribution in [0.1, 0.15) is 18.5 Å². The van der Waals surface area contributed by atoms with Crippen LogP contribution in [0.25, 0.3) is 38.7 Å². The molecule has 0 fully saturated rings. The Bertz CT molecular complexity index is 1360. The molecule has 0 saturated heterocycles. The van der Waals surface area contributed by atoms with E-state index in [2.05, 4.69) is 53.6 Å². The molecule has 0 bridgehead atoms. The lowest BCUT2D eigenvalue weighted by Crippen LogP contribution is -2.04. The molecule has 1 atom stereocenters. The summed E-state index contributed by atoms with van der Waals surface area (Å²) in [5.41, 5.74) is 12.1. The van der Waals surface area contributed by atoms with Crippen molar-refractivity contribution in [2.45, 2.75) is 17.9 Å². The van der Waals surface area contributed by atoms with Crippen molar-refractivity contribution in [3.63, 3.8) is 0 Å². The highest BCUT2D eigenvalue weighted by molar-refractivity contribution is 7.97. The fraction of sp³-hybridized carbons (Fsp3) is 0.0833. The molecule has 0 spiro atoms. The maximum Gasteiger partial charge on any atom is 0.162 e. The van der Waals surface area contributed by atoms with E-state index >= 15 is 0 Å². The van der Waals surface area contributed by atoms with Gasteiger partial charge >= 0.3 is 0 Å². The van der Waals surface area contributed by atoms with Gasteiger partial charge in [0.15, 0.2) is 5.65 Å². The second-order valence-corrected chi connectivity index (χ2v) is 8.03. The van der Waals surface area contributed by atoms with Crippen LogP contribution in [0.5, 0.6) is 0 Å². The van der Waals surface area contributed by atoms with Crippen molar-refractivity contribution in [3.05, 3.63) is 84.8 Å². The summed E-state index contributed by atoms with van der Waals surface area (Å²) in [4.78, 5) is 5.80. The Morgan fingerprint density at radius 2 is 1.63 bits per heavy atom. The third-order valence-electron chi connectivity index (χ3n) is 5.43. The fourth-order valence-corrected chi connectivity index (χ4v) is 4.25. The molecule has 3 aromatic carbocycles. The van der Waals surface area contributed by atoms with Crippen molar-refractivity contribution < 1.29 is 0 Å². The first-order chi connectivity index (χ1) is 14.7. The van der Waals surface area contributed by atoms with Crippen LogP contribution in [0.2, 0.25) is 0 Å². The molecule has 5 aromatic rings. The number of nitrogens with two attached hydrogens (primary N) is 2. The molecule has 2 heterocycles. The lowest BCUT2D eigenvalue weighted by atomic mass is 10.00. The Kier molecular flexibility index (Phi) is 4.75. The molecule has 2 aromatic heterocycles. The first-order valence-electron chi connectivity index (χ1n) is 9.74. The monoisotopic (exact) mass is 411 g/mol. The number of hydrogen-bond donors (Lipinski definition) is 2. The zero-order chi connectivity index (χ0) is 20.7. The number of benzene rings is 3. The largest absolute Gasteiger partial charge is 0.324 e. The summed E-state index contributed by atoms with van der Waals surface area (Å²) in [7, 11) is 0. The maximum atomic E-state index is 5.96. The average molecular weight is 412 g/mol. The summed E-state index contributed by atoms with van der Waals surface area (Å²) < 4.78 is 1.84. The SMILES string of the molecule is CC(N)c1ccc(-c2cnc3c(-c4ccc(SN)c5ccccc45)cnn3c2)cc1. The average Bonchev–Trinajstić information content (AvgIpc) is 3.21. The van der Waals surface area contributed by atoms with Gasteiger partial charge in [-0.25, -0.2) is 9.50 Å². The first-order valence-corrected chi connectivity index (χ1v) is 10.6. The smallest absolute Gasteiger partial charge is 0.162 e. The molecule has 5 nitrogen and oxygen atoms in total. The quantitative estimate of drug-likeness (QED) is 0.397. The van der Waals surface area contributed by atoms with Crippen LogP contribution in [0.15, 0.2) is 84.1 Å². The summed E-state index contributed by atoms with van der Waals surface area (Å²) >= 11 is 1.27. The van der Waals surface area contributed by atoms with Gasteiger partial charge in [-0.2, -0.15) is 5.10 Å². The lowest BCUT2D eigenvalue weighted by Gasteiger charge is -2.09. The topological polar surface area (TPSA) is 82.2 Å². The normalized spacial score (nSPS) is 12.5. The van der Waals surface area contributed by atoms with Gasteiger partial charge in [0.2, 0.25) is 0 Å². The van der Waals surface area contributed by atoms with E-state index in [0.29, 0.717) is 0 Å². The van der Waals surface area contributed by atoms with Crippen LogP contribution in [-0.2, 0) is 0 Å². The molecular weight excluding hydrogens is 390 g/mol. The third-order valence-corrected chi connectivity index (χ3v) is 6.04. The summed E-state index contributed by atoms with van der Waals surface area (Å²) in [6, 6.07) is 20.7. The zero-order valence-corrected chi connectivity index (χ0v) is 17.3. The second-order valence-electron chi connectivity index (χ2n) is 7.35. The highest BCUT2D eigenvalue weighted by Crippen LogP contribution is 2.35. The van der Waals surface area contributed by atoms with Crippen molar-refractivity contribution in [1.82, 2.24) is 14.6 Å². The van der Waals surface area contributed by atoms with Crippen LogP contribution < -0.4 is 10.9 Å². The number of hydrogen-bond acceptors (Lipinski definition) is 5. The van der Waals surface area contributed by atoms with E-state index in [1.807, 2.05) is 42.2 Å². The summed E-state index contributed by atoms with van der Waals surface area (Å²) in [6.45, 7) is 1.98. The van der Waals surface area contributed by atoms with Crippen molar-refractivity contribution >= 4 is 28.4 Å². The molecule has 0 aliphatic rings. The van der Waals surface area contributed by atoms with Crippen molar-refractivity contribution in [2.24, 2.45) is 10.9 Å². The molecule has 0 amide bonds. The Hall–Kier alpha value is -3.19. The standard InChI is InChI=1S/C24H21N5S/c1-15(25)16-6-8-17(9-7-16)18-12-27-24-22(13-28-29(24)14-18)20-10-11-23(30-26)21-5-3-2-4-19(20)21/h2-15H,25-26H2,1H3. The van der Waals surface area contributed by atoms with Gasteiger partial charge < -0.3 is 5.73 Å². The minimum Gasteiger partial charge on any atom is -0.324 e. The number of aromatic nitrogens is 3. The molecule has 0 radical (unpaired) electrons. The molecule has 5 rings (SSSR count). The van der Waals surface area contributed by atoms with Crippen LogP contribution in [0.4, 0.5) is 0 Å². The molecule has 30 heavy (non-hydrogen) atoms. The predicted octanol–water partition coefficient (Wildman–Crippen LogP) is 5.20. The molecular formula is C24H21N5S. The van der Waals surface area contributed by atoms with Crippen LogP contribution >= 0.6 is 11.9 Å². The maximum absolute atomic E-state index is 5.96. The van der Waals surface area contributed by atoms with E-state index < -0.39 is 0 Å². The lowest BCUT2D eigenvalue weighted by molar-refractivity contribution is 0.818. The summed E-state index contributed by atoms with van der Waals surface area (Å²) in [6.07, 6.45) is 5.79. The summed E-state index contributed by atoms with van der Waals surface area (Å²) in [5.74, 6) is 0. The van der Waals surface area contributed by atoms with E-state index in [4.69, 9.17) is 15.9 Å². The van der Waals surface area contributed by atoms with E-state index in [1.54, 1.807) is 0 Å². The van der Waals surface area contributed by atoms with Gasteiger partial charge in [0.05, 0.1) is 6.20 Å². The van der Waals surface area contributed by atoms with Gasteiger partial charge in [-0.3, -0.25) is 5.14 Å². The number of rotatable bonds is 4. The van der Waals surface area contributed by atoms with E-state index in [1.165, 1.54) is 11.9 Å². The Morgan fingerprint density at radius 1 is 0.867 bits per heavy atom. The first kappa shape index (κ1) is 18.8. The van der Waals surface area contributed by atoms with Gasteiger partial charge in [0.1, 0.15) is 0 Å². The van der Waals surface area contributed by atoms with E-state index in [-0.39, 0.29) is 6.04 Å². The van der Waals surface area contributed by atoms with Gasteiger partial charge in [-0.1, -0.05) is 54.6 Å². The van der Waals surface area contributed by atoms with Gasteiger partial charge in [0, 0.05) is 34.5 Å². The molecule has 0 aliphatic carbocycles. The molecule has 6 heteroatoms. The minimum absolute atomic E-state index is 0.0206. The summed E-state index contributed by atoms with van der Waals surface area (Å²) in [5, 5.41) is 12.7. The molecule has 0 aliphatic heterocycles. The highest BCUT2D eigenvalue weighted by atomic mass is 32.2. The van der Waals surface area contributed by atoms with Crippen molar-refractivity contribution in [3.8, 4) is 22.3 Å². The van der Waals surface area contributed by atoms with Gasteiger partial charge in [0.25, 0.3) is 0 Å². The fourth-order valence-electron chi connectivity index (χ4n) is 3.80. The predicted molar refractivity (Wildman–Crippen MR) is 124 cm³/mol. The Morgan fingerprint density at radius 3 is 2.37 bits per heavy atom. The van der Waals surface area contributed by atoms with E-state index in [9.17, 15) is 0 Å². The molecule has 4 N–H and O–H groups in total. The van der Waals surface area contributed by atoms with Crippen LogP contribution in [0, 0.1) is 0 Å². The van der Waals surface area contributed by atoms with Crippen molar-refractivity contribution in [2.75, 3.05) is 0 Å². The highest BCUT2D eigenvalue weighted by Gasteiger charge is 2.14. The van der Waals surface area contributed by atoms with Crippen LogP contribution in [-0.4, -0.2) is 14.6 Å². The minimum atomic E-state index is 0.0206. The van der Waals surface area contributed by atoms with Crippen molar-refractivity contribution in [1.29, 1.82) is 0 Å². The molecule has 0 saturated carbocycles. The van der Waals surface area contributed by atoms with Crippen LogP contribution in [0.3, 0.4) is 0 Å². The van der Waals surface area contributed by atoms with E-state index in [0.717, 1.165) is 49.1 Å². The Labute approximate surface area is 178 Å². The van der Waals surface area contributed by atoms with Gasteiger partial charge in [-0.05, 0) is 52.4 Å². The second kappa shape index (κ2) is 7.57. The van der Waals surface area contributed by atoms with Gasteiger partial charge in [-0.15, -0.1) is 0 Å². The molecule has 148 valence electrons. The third kappa shape index (κ3) is 3.15.